The summed E-state index contributed by atoms with van der Waals surface area (Å²) >= 11 is 5.88. The number of alkyl halides is 3. The Bertz CT molecular complexity index is 1320. The van der Waals surface area contributed by atoms with Crippen LogP contribution in [0.3, 0.4) is 0 Å². The number of nitrogens with one attached hydrogen (secondary N) is 1. The van der Waals surface area contributed by atoms with E-state index in [2.05, 4.69) is 5.32 Å². The molecule has 0 aliphatic rings. The number of amides is 1. The molecular weight excluding hydrogens is 443 g/mol. The first-order chi connectivity index (χ1) is 15.2. The van der Waals surface area contributed by atoms with Crippen molar-refractivity contribution in [3.8, 4) is 17.2 Å². The molecule has 0 spiro atoms. The van der Waals surface area contributed by atoms with Crippen molar-refractivity contribution in [3.05, 3.63) is 95.0 Å². The molecule has 4 rings (SSSR count). The van der Waals surface area contributed by atoms with Crippen LogP contribution < -0.4 is 10.1 Å². The first kappa shape index (κ1) is 21.5. The number of phenols is 1. The number of carbonyl (C=O) groups excluding carboxylic acids is 1. The fraction of sp³-hybridized carbons (Fsp3) is 0.0417. The molecule has 0 atom stereocenters. The summed E-state index contributed by atoms with van der Waals surface area (Å²) in [6.07, 6.45) is -4.63. The Hall–Kier alpha value is -3.71. The number of anilines is 1. The Morgan fingerprint density at radius 3 is 2.44 bits per heavy atom. The Morgan fingerprint density at radius 2 is 1.66 bits per heavy atom. The molecule has 0 bridgehead atoms. The Balaban J connectivity index is 1.75. The average molecular weight is 458 g/mol. The minimum absolute atomic E-state index is 0.00391. The minimum Gasteiger partial charge on any atom is -0.507 e. The highest BCUT2D eigenvalue weighted by Gasteiger charge is 2.31. The molecule has 0 unspecified atom stereocenters. The summed E-state index contributed by atoms with van der Waals surface area (Å²) in [4.78, 5) is 12.7. The second-order valence-electron chi connectivity index (χ2n) is 6.90. The number of ether oxygens (including phenoxy) is 1. The van der Waals surface area contributed by atoms with Crippen LogP contribution >= 0.6 is 11.6 Å². The van der Waals surface area contributed by atoms with E-state index < -0.39 is 17.6 Å². The van der Waals surface area contributed by atoms with Crippen LogP contribution in [0, 0.1) is 0 Å². The smallest absolute Gasteiger partial charge is 0.416 e. The Morgan fingerprint density at radius 1 is 0.906 bits per heavy atom. The molecule has 32 heavy (non-hydrogen) atoms. The SMILES string of the molecule is O=C(Nc1cc(C(F)(F)F)ccc1Oc1cccc2ccccc12)c1cc(Cl)ccc1O. The van der Waals surface area contributed by atoms with Gasteiger partial charge in [0.15, 0.2) is 5.75 Å². The van der Waals surface area contributed by atoms with E-state index in [4.69, 9.17) is 16.3 Å². The molecule has 0 aliphatic carbocycles. The molecule has 0 heterocycles. The summed E-state index contributed by atoms with van der Waals surface area (Å²) < 4.78 is 45.8. The van der Waals surface area contributed by atoms with Crippen molar-refractivity contribution < 1.29 is 27.8 Å². The van der Waals surface area contributed by atoms with Crippen LogP contribution in [0.4, 0.5) is 18.9 Å². The van der Waals surface area contributed by atoms with Gasteiger partial charge in [0.25, 0.3) is 5.91 Å². The van der Waals surface area contributed by atoms with Gasteiger partial charge in [-0.2, -0.15) is 13.2 Å². The van der Waals surface area contributed by atoms with Crippen LogP contribution in [0.5, 0.6) is 17.2 Å². The largest absolute Gasteiger partial charge is 0.507 e. The zero-order valence-corrected chi connectivity index (χ0v) is 17.0. The fourth-order valence-electron chi connectivity index (χ4n) is 3.18. The molecule has 4 nitrogen and oxygen atoms in total. The first-order valence-corrected chi connectivity index (χ1v) is 9.77. The monoisotopic (exact) mass is 457 g/mol. The molecule has 2 N–H and O–H groups in total. The maximum Gasteiger partial charge on any atom is 0.416 e. The standard InChI is InChI=1S/C24H15ClF3NO3/c25-16-9-10-20(30)18(13-16)23(31)29-19-12-15(24(26,27)28)8-11-22(19)32-21-7-3-5-14-4-1-2-6-17(14)21/h1-13,30H,(H,29,31). The van der Waals surface area contributed by atoms with E-state index in [1.54, 1.807) is 12.1 Å². The van der Waals surface area contributed by atoms with Gasteiger partial charge in [0.1, 0.15) is 11.5 Å². The number of hydrogen-bond acceptors (Lipinski definition) is 3. The number of benzene rings is 4. The molecule has 0 fully saturated rings. The normalized spacial score (nSPS) is 11.4. The Kier molecular flexibility index (Phi) is 5.67. The van der Waals surface area contributed by atoms with Gasteiger partial charge in [-0.15, -0.1) is 0 Å². The van der Waals surface area contributed by atoms with Gasteiger partial charge in [0.2, 0.25) is 0 Å². The van der Waals surface area contributed by atoms with Crippen molar-refractivity contribution in [3.63, 3.8) is 0 Å². The molecule has 162 valence electrons. The number of rotatable bonds is 4. The van der Waals surface area contributed by atoms with Gasteiger partial charge < -0.3 is 15.2 Å². The van der Waals surface area contributed by atoms with Crippen molar-refractivity contribution in [2.45, 2.75) is 6.18 Å². The quantitative estimate of drug-likeness (QED) is 0.339. The van der Waals surface area contributed by atoms with Gasteiger partial charge >= 0.3 is 6.18 Å². The van der Waals surface area contributed by atoms with Crippen molar-refractivity contribution in [2.75, 3.05) is 5.32 Å². The molecule has 0 aromatic heterocycles. The van der Waals surface area contributed by atoms with Gasteiger partial charge in [-0.25, -0.2) is 0 Å². The second kappa shape index (κ2) is 8.43. The zero-order chi connectivity index (χ0) is 22.9. The number of hydrogen-bond donors (Lipinski definition) is 2. The van der Waals surface area contributed by atoms with Gasteiger partial charge in [-0.1, -0.05) is 48.0 Å². The summed E-state index contributed by atoms with van der Waals surface area (Å²) in [6, 6.07) is 19.3. The van der Waals surface area contributed by atoms with E-state index in [0.29, 0.717) is 5.75 Å². The predicted octanol–water partition coefficient (Wildman–Crippen LogP) is 7.26. The third kappa shape index (κ3) is 4.48. The lowest BCUT2D eigenvalue weighted by Gasteiger charge is -2.16. The highest BCUT2D eigenvalue weighted by atomic mass is 35.5. The van der Waals surface area contributed by atoms with E-state index in [1.165, 1.54) is 18.2 Å². The first-order valence-electron chi connectivity index (χ1n) is 9.39. The average Bonchev–Trinajstić information content (AvgIpc) is 2.76. The van der Waals surface area contributed by atoms with Crippen LogP contribution in [-0.4, -0.2) is 11.0 Å². The summed E-state index contributed by atoms with van der Waals surface area (Å²) in [5, 5.41) is 14.2. The summed E-state index contributed by atoms with van der Waals surface area (Å²) in [5.41, 5.74) is -1.36. The third-order valence-electron chi connectivity index (χ3n) is 4.73. The number of halogens is 4. The lowest BCUT2D eigenvalue weighted by molar-refractivity contribution is -0.137. The van der Waals surface area contributed by atoms with E-state index >= 15 is 0 Å². The van der Waals surface area contributed by atoms with Crippen molar-refractivity contribution in [1.82, 2.24) is 0 Å². The van der Waals surface area contributed by atoms with Crippen LogP contribution in [0.15, 0.2) is 78.9 Å². The zero-order valence-electron chi connectivity index (χ0n) is 16.3. The van der Waals surface area contributed by atoms with Crippen LogP contribution in [0.2, 0.25) is 5.02 Å². The second-order valence-corrected chi connectivity index (χ2v) is 7.34. The molecular formula is C24H15ClF3NO3. The van der Waals surface area contributed by atoms with E-state index in [9.17, 15) is 23.1 Å². The highest BCUT2D eigenvalue weighted by Crippen LogP contribution is 2.39. The number of phenolic OH excluding ortho intramolecular Hbond substituents is 1. The molecule has 0 radical (unpaired) electrons. The van der Waals surface area contributed by atoms with Gasteiger partial charge in [0.05, 0.1) is 16.8 Å². The molecule has 4 aromatic carbocycles. The predicted molar refractivity (Wildman–Crippen MR) is 117 cm³/mol. The maximum atomic E-state index is 13.3. The third-order valence-corrected chi connectivity index (χ3v) is 4.96. The summed E-state index contributed by atoms with van der Waals surface area (Å²) in [5.74, 6) is -0.796. The highest BCUT2D eigenvalue weighted by molar-refractivity contribution is 6.31. The van der Waals surface area contributed by atoms with E-state index in [-0.39, 0.29) is 27.8 Å². The Labute approximate surface area is 185 Å². The van der Waals surface area contributed by atoms with Crippen LogP contribution in [0.25, 0.3) is 10.8 Å². The molecule has 8 heteroatoms. The van der Waals surface area contributed by atoms with E-state index in [0.717, 1.165) is 29.0 Å². The van der Waals surface area contributed by atoms with Crippen molar-refractivity contribution in [1.29, 1.82) is 0 Å². The lowest BCUT2D eigenvalue weighted by Crippen LogP contribution is -2.14. The molecule has 4 aromatic rings. The molecule has 0 saturated carbocycles. The summed E-state index contributed by atoms with van der Waals surface area (Å²) in [7, 11) is 0. The molecule has 1 amide bonds. The lowest BCUT2D eigenvalue weighted by atomic mass is 10.1. The number of aromatic hydroxyl groups is 1. The topological polar surface area (TPSA) is 58.6 Å². The van der Waals surface area contributed by atoms with Gasteiger partial charge in [-0.05, 0) is 47.9 Å². The minimum atomic E-state index is -4.63. The van der Waals surface area contributed by atoms with Crippen LogP contribution in [-0.2, 0) is 6.18 Å². The molecule has 0 aliphatic heterocycles. The van der Waals surface area contributed by atoms with Crippen molar-refractivity contribution >= 4 is 34.0 Å². The number of carbonyl (C=O) groups is 1. The van der Waals surface area contributed by atoms with Crippen LogP contribution in [0.1, 0.15) is 15.9 Å². The summed E-state index contributed by atoms with van der Waals surface area (Å²) in [6.45, 7) is 0. The maximum absolute atomic E-state index is 13.3. The van der Waals surface area contributed by atoms with Gasteiger partial charge in [0, 0.05) is 10.4 Å². The van der Waals surface area contributed by atoms with E-state index in [1.807, 2.05) is 30.3 Å². The van der Waals surface area contributed by atoms with Crippen molar-refractivity contribution in [2.24, 2.45) is 0 Å². The molecule has 0 saturated heterocycles. The van der Waals surface area contributed by atoms with Gasteiger partial charge in [-0.3, -0.25) is 4.79 Å². The number of fused-ring (bicyclic) bond motifs is 1. The fourth-order valence-corrected chi connectivity index (χ4v) is 3.35.